The lowest BCUT2D eigenvalue weighted by atomic mass is 9.89. The van der Waals surface area contributed by atoms with Gasteiger partial charge in [-0.3, -0.25) is 0 Å². The summed E-state index contributed by atoms with van der Waals surface area (Å²) in [6.07, 6.45) is 3.26. The molecule has 0 aliphatic carbocycles. The summed E-state index contributed by atoms with van der Waals surface area (Å²) < 4.78 is 44.7. The van der Waals surface area contributed by atoms with Crippen LogP contribution in [0.15, 0.2) is 23.8 Å². The van der Waals surface area contributed by atoms with Crippen molar-refractivity contribution >= 4 is 54.5 Å². The standard InChI is InChI=1S/C22H21F3N4S2/c1-3-29-6-4-5-12(11(29)2)16-7-13-19(15(24)9-26-22(13)31-16)28-20-14(23)8-17-21(18(20)25)27-10-30-17/h7-12H,3-6H2,1-2H3,(H,26,28)/t11-,12-/m0/s1. The fourth-order valence-electron chi connectivity index (χ4n) is 4.51. The summed E-state index contributed by atoms with van der Waals surface area (Å²) in [5, 5.41) is 3.22. The van der Waals surface area contributed by atoms with Crippen LogP contribution in [0.5, 0.6) is 0 Å². The summed E-state index contributed by atoms with van der Waals surface area (Å²) in [6, 6.07) is 3.52. The fourth-order valence-corrected chi connectivity index (χ4v) is 6.45. The number of aromatic nitrogens is 2. The van der Waals surface area contributed by atoms with E-state index in [2.05, 4.69) is 34.0 Å². The van der Waals surface area contributed by atoms with Gasteiger partial charge in [0.2, 0.25) is 0 Å². The number of hydrogen-bond acceptors (Lipinski definition) is 6. The molecule has 1 aliphatic heterocycles. The third-order valence-electron chi connectivity index (χ3n) is 6.19. The Morgan fingerprint density at radius 2 is 2.00 bits per heavy atom. The van der Waals surface area contributed by atoms with E-state index in [0.717, 1.165) is 48.3 Å². The Labute approximate surface area is 185 Å². The average Bonchev–Trinajstić information content (AvgIpc) is 3.39. The molecule has 5 rings (SSSR count). The summed E-state index contributed by atoms with van der Waals surface area (Å²) in [7, 11) is 0. The van der Waals surface area contributed by atoms with Gasteiger partial charge in [-0.1, -0.05) is 6.92 Å². The van der Waals surface area contributed by atoms with E-state index in [4.69, 9.17) is 0 Å². The maximum atomic E-state index is 14.9. The van der Waals surface area contributed by atoms with Crippen LogP contribution < -0.4 is 5.32 Å². The predicted octanol–water partition coefficient (Wildman–Crippen LogP) is 6.65. The van der Waals surface area contributed by atoms with Gasteiger partial charge >= 0.3 is 0 Å². The van der Waals surface area contributed by atoms with Crippen LogP contribution in [0, 0.1) is 17.5 Å². The number of halogens is 3. The smallest absolute Gasteiger partial charge is 0.176 e. The van der Waals surface area contributed by atoms with Crippen LogP contribution in [0.3, 0.4) is 0 Å². The molecule has 162 valence electrons. The number of fused-ring (bicyclic) bond motifs is 2. The third kappa shape index (κ3) is 3.48. The first kappa shape index (κ1) is 20.7. The SMILES string of the molecule is CCN1CCC[C@H](c2cc3c(Nc4c(F)cc5scnc5c4F)c(F)cnc3s2)[C@@H]1C. The highest BCUT2D eigenvalue weighted by atomic mass is 32.1. The molecule has 0 saturated carbocycles. The molecule has 2 atom stereocenters. The number of piperidine rings is 1. The van der Waals surface area contributed by atoms with E-state index in [-0.39, 0.29) is 11.2 Å². The zero-order chi connectivity index (χ0) is 21.7. The molecule has 1 aromatic carbocycles. The van der Waals surface area contributed by atoms with Gasteiger partial charge in [0.25, 0.3) is 0 Å². The summed E-state index contributed by atoms with van der Waals surface area (Å²) in [6.45, 7) is 6.44. The first-order chi connectivity index (χ1) is 15.0. The molecule has 4 nitrogen and oxygen atoms in total. The largest absolute Gasteiger partial charge is 0.348 e. The van der Waals surface area contributed by atoms with Gasteiger partial charge in [0.05, 0.1) is 22.1 Å². The molecule has 0 radical (unpaired) electrons. The first-order valence-electron chi connectivity index (χ1n) is 10.3. The summed E-state index contributed by atoms with van der Waals surface area (Å²) in [4.78, 5) is 12.4. The Hall–Kier alpha value is -2.23. The maximum absolute atomic E-state index is 14.9. The van der Waals surface area contributed by atoms with Crippen LogP contribution in [0.4, 0.5) is 24.5 Å². The molecule has 4 aromatic rings. The van der Waals surface area contributed by atoms with Crippen LogP contribution in [-0.2, 0) is 0 Å². The zero-order valence-electron chi connectivity index (χ0n) is 17.1. The Morgan fingerprint density at radius 1 is 1.16 bits per heavy atom. The first-order valence-corrected chi connectivity index (χ1v) is 12.0. The van der Waals surface area contributed by atoms with E-state index >= 15 is 0 Å². The van der Waals surface area contributed by atoms with E-state index < -0.39 is 23.1 Å². The number of likely N-dealkylation sites (N-methyl/N-ethyl adjacent to an activating group) is 1. The number of rotatable bonds is 4. The normalized spacial score (nSPS) is 20.0. The summed E-state index contributed by atoms with van der Waals surface area (Å²) in [5.41, 5.74) is 1.16. The molecular formula is C22H21F3N4S2. The van der Waals surface area contributed by atoms with Crippen molar-refractivity contribution in [3.8, 4) is 0 Å². The highest BCUT2D eigenvalue weighted by molar-refractivity contribution is 7.18. The van der Waals surface area contributed by atoms with Crippen LogP contribution in [0.1, 0.15) is 37.5 Å². The number of benzene rings is 1. The molecule has 31 heavy (non-hydrogen) atoms. The third-order valence-corrected chi connectivity index (χ3v) is 8.15. The molecule has 1 saturated heterocycles. The highest BCUT2D eigenvalue weighted by Crippen LogP contribution is 2.42. The molecule has 9 heteroatoms. The van der Waals surface area contributed by atoms with Gasteiger partial charge in [-0.2, -0.15) is 0 Å². The maximum Gasteiger partial charge on any atom is 0.176 e. The number of thiophene rings is 1. The summed E-state index contributed by atoms with van der Waals surface area (Å²) in [5.74, 6) is -1.94. The molecule has 0 spiro atoms. The molecular weight excluding hydrogens is 441 g/mol. The van der Waals surface area contributed by atoms with E-state index in [1.807, 2.05) is 6.07 Å². The number of likely N-dealkylation sites (tertiary alicyclic amines) is 1. The number of nitrogens with zero attached hydrogens (tertiary/aromatic N) is 3. The van der Waals surface area contributed by atoms with Gasteiger partial charge in [-0.15, -0.1) is 22.7 Å². The lowest BCUT2D eigenvalue weighted by Gasteiger charge is -2.38. The van der Waals surface area contributed by atoms with E-state index in [1.165, 1.54) is 22.9 Å². The molecule has 0 amide bonds. The van der Waals surface area contributed by atoms with E-state index in [1.54, 1.807) is 0 Å². The quantitative estimate of drug-likeness (QED) is 0.368. The number of nitrogens with one attached hydrogen (secondary N) is 1. The zero-order valence-corrected chi connectivity index (χ0v) is 18.7. The van der Waals surface area contributed by atoms with Crippen molar-refractivity contribution in [2.24, 2.45) is 0 Å². The van der Waals surface area contributed by atoms with Crippen molar-refractivity contribution in [2.75, 3.05) is 18.4 Å². The second kappa shape index (κ2) is 8.03. The Balaban J connectivity index is 1.58. The van der Waals surface area contributed by atoms with Gasteiger partial charge in [-0.05, 0) is 45.0 Å². The van der Waals surface area contributed by atoms with Crippen molar-refractivity contribution in [2.45, 2.75) is 38.6 Å². The van der Waals surface area contributed by atoms with Gasteiger partial charge in [-0.25, -0.2) is 23.1 Å². The van der Waals surface area contributed by atoms with Crippen molar-refractivity contribution in [1.82, 2.24) is 14.9 Å². The summed E-state index contributed by atoms with van der Waals surface area (Å²) >= 11 is 2.68. The van der Waals surface area contributed by atoms with Gasteiger partial charge in [0, 0.05) is 22.2 Å². The lowest BCUT2D eigenvalue weighted by Crippen LogP contribution is -2.41. The Kier molecular flexibility index (Phi) is 5.35. The van der Waals surface area contributed by atoms with Crippen LogP contribution in [0.2, 0.25) is 0 Å². The average molecular weight is 463 g/mol. The second-order valence-electron chi connectivity index (χ2n) is 7.84. The Bertz CT molecular complexity index is 1270. The van der Waals surface area contributed by atoms with Crippen molar-refractivity contribution < 1.29 is 13.2 Å². The van der Waals surface area contributed by atoms with Crippen molar-refractivity contribution in [3.05, 3.63) is 46.2 Å². The number of pyridine rings is 1. The molecule has 0 bridgehead atoms. The molecule has 1 N–H and O–H groups in total. The highest BCUT2D eigenvalue weighted by Gasteiger charge is 2.30. The van der Waals surface area contributed by atoms with Crippen molar-refractivity contribution in [1.29, 1.82) is 0 Å². The molecule has 1 aliphatic rings. The van der Waals surface area contributed by atoms with E-state index in [0.29, 0.717) is 26.9 Å². The Morgan fingerprint density at radius 3 is 2.81 bits per heavy atom. The van der Waals surface area contributed by atoms with Gasteiger partial charge in [0.1, 0.15) is 16.0 Å². The van der Waals surface area contributed by atoms with E-state index in [9.17, 15) is 13.2 Å². The minimum atomic E-state index is -0.824. The van der Waals surface area contributed by atoms with Crippen molar-refractivity contribution in [3.63, 3.8) is 0 Å². The second-order valence-corrected chi connectivity index (χ2v) is 9.79. The minimum Gasteiger partial charge on any atom is -0.348 e. The van der Waals surface area contributed by atoms with Gasteiger partial charge < -0.3 is 10.2 Å². The monoisotopic (exact) mass is 462 g/mol. The predicted molar refractivity (Wildman–Crippen MR) is 121 cm³/mol. The minimum absolute atomic E-state index is 0.0377. The molecule has 4 heterocycles. The van der Waals surface area contributed by atoms with Crippen LogP contribution in [0.25, 0.3) is 20.4 Å². The number of thiazole rings is 1. The topological polar surface area (TPSA) is 41.0 Å². The van der Waals surface area contributed by atoms with Crippen LogP contribution in [-0.4, -0.2) is 34.0 Å². The molecule has 1 fully saturated rings. The fraction of sp³-hybridized carbons (Fsp3) is 0.364. The van der Waals surface area contributed by atoms with Crippen LogP contribution >= 0.6 is 22.7 Å². The van der Waals surface area contributed by atoms with Gasteiger partial charge in [0.15, 0.2) is 17.5 Å². The molecule has 3 aromatic heterocycles. The number of hydrogen-bond donors (Lipinski definition) is 1. The molecule has 0 unspecified atom stereocenters. The number of anilines is 2. The lowest BCUT2D eigenvalue weighted by molar-refractivity contribution is 0.148.